The highest BCUT2D eigenvalue weighted by Crippen LogP contribution is 2.22. The minimum Gasteiger partial charge on any atom is -0.497 e. The molecule has 1 unspecified atom stereocenters. The van der Waals surface area contributed by atoms with Gasteiger partial charge in [0.15, 0.2) is 0 Å². The zero-order valence-corrected chi connectivity index (χ0v) is 15.1. The SMILES string of the molecule is COc1ccc(SCC(NC(C)=O)C(=O)NCc2ccccc2)cc1. The Hall–Kier alpha value is -2.47. The lowest BCUT2D eigenvalue weighted by atomic mass is 10.2. The van der Waals surface area contributed by atoms with Crippen LogP contribution < -0.4 is 15.4 Å². The summed E-state index contributed by atoms with van der Waals surface area (Å²) in [5.74, 6) is 0.811. The maximum Gasteiger partial charge on any atom is 0.243 e. The lowest BCUT2D eigenvalue weighted by Gasteiger charge is -2.17. The van der Waals surface area contributed by atoms with Crippen LogP contribution in [0.1, 0.15) is 12.5 Å². The predicted molar refractivity (Wildman–Crippen MR) is 99.6 cm³/mol. The van der Waals surface area contributed by atoms with E-state index in [2.05, 4.69) is 10.6 Å². The minimum absolute atomic E-state index is 0.194. The van der Waals surface area contributed by atoms with Crippen LogP contribution in [-0.2, 0) is 16.1 Å². The van der Waals surface area contributed by atoms with Crippen molar-refractivity contribution in [3.05, 3.63) is 60.2 Å². The molecule has 5 nitrogen and oxygen atoms in total. The molecule has 2 rings (SSSR count). The van der Waals surface area contributed by atoms with E-state index in [0.29, 0.717) is 12.3 Å². The maximum atomic E-state index is 12.4. The van der Waals surface area contributed by atoms with Crippen molar-refractivity contribution in [1.29, 1.82) is 0 Å². The average molecular weight is 358 g/mol. The zero-order valence-electron chi connectivity index (χ0n) is 14.3. The molecule has 2 N–H and O–H groups in total. The normalized spacial score (nSPS) is 11.4. The standard InChI is InChI=1S/C19H22N2O3S/c1-14(22)21-18(13-25-17-10-8-16(24-2)9-11-17)19(23)20-12-15-6-4-3-5-7-15/h3-11,18H,12-13H2,1-2H3,(H,20,23)(H,21,22). The number of carbonyl (C=O) groups excluding carboxylic acids is 2. The topological polar surface area (TPSA) is 67.4 Å². The molecule has 25 heavy (non-hydrogen) atoms. The molecule has 132 valence electrons. The molecule has 0 fully saturated rings. The third kappa shape index (κ3) is 6.51. The van der Waals surface area contributed by atoms with Gasteiger partial charge in [-0.2, -0.15) is 0 Å². The molecule has 0 saturated heterocycles. The summed E-state index contributed by atoms with van der Waals surface area (Å²) in [4.78, 5) is 24.8. The fraction of sp³-hybridized carbons (Fsp3) is 0.263. The molecule has 2 amide bonds. The van der Waals surface area contributed by atoms with E-state index < -0.39 is 6.04 Å². The Morgan fingerprint density at radius 2 is 1.76 bits per heavy atom. The van der Waals surface area contributed by atoms with E-state index in [0.717, 1.165) is 16.2 Å². The van der Waals surface area contributed by atoms with Crippen molar-refractivity contribution in [2.24, 2.45) is 0 Å². The van der Waals surface area contributed by atoms with Crippen LogP contribution in [0.2, 0.25) is 0 Å². The molecule has 0 aliphatic heterocycles. The van der Waals surface area contributed by atoms with Crippen molar-refractivity contribution >= 4 is 23.6 Å². The van der Waals surface area contributed by atoms with Crippen LogP contribution in [0.3, 0.4) is 0 Å². The minimum atomic E-state index is -0.590. The highest BCUT2D eigenvalue weighted by Gasteiger charge is 2.19. The Morgan fingerprint density at radius 1 is 1.08 bits per heavy atom. The third-order valence-electron chi connectivity index (χ3n) is 3.48. The van der Waals surface area contributed by atoms with Crippen LogP contribution in [0.25, 0.3) is 0 Å². The van der Waals surface area contributed by atoms with Crippen LogP contribution in [0.15, 0.2) is 59.5 Å². The van der Waals surface area contributed by atoms with Gasteiger partial charge in [0.1, 0.15) is 11.8 Å². The van der Waals surface area contributed by atoms with Gasteiger partial charge in [-0.15, -0.1) is 11.8 Å². The lowest BCUT2D eigenvalue weighted by molar-refractivity contribution is -0.127. The number of benzene rings is 2. The summed E-state index contributed by atoms with van der Waals surface area (Å²) in [5.41, 5.74) is 1.01. The quantitative estimate of drug-likeness (QED) is 0.712. The van der Waals surface area contributed by atoms with E-state index in [1.807, 2.05) is 54.6 Å². The Morgan fingerprint density at radius 3 is 2.36 bits per heavy atom. The largest absolute Gasteiger partial charge is 0.497 e. The Kier molecular flexibility index (Phi) is 7.35. The van der Waals surface area contributed by atoms with Crippen molar-refractivity contribution in [2.45, 2.75) is 24.4 Å². The first kappa shape index (κ1) is 18.9. The molecule has 0 bridgehead atoms. The summed E-state index contributed by atoms with van der Waals surface area (Å²) in [6.45, 7) is 1.85. The van der Waals surface area contributed by atoms with Crippen LogP contribution in [-0.4, -0.2) is 30.7 Å². The third-order valence-corrected chi connectivity index (χ3v) is 4.59. The van der Waals surface area contributed by atoms with Gasteiger partial charge in [-0.25, -0.2) is 0 Å². The van der Waals surface area contributed by atoms with Crippen molar-refractivity contribution < 1.29 is 14.3 Å². The average Bonchev–Trinajstić information content (AvgIpc) is 2.64. The summed E-state index contributed by atoms with van der Waals surface area (Å²) < 4.78 is 5.13. The van der Waals surface area contributed by atoms with Crippen molar-refractivity contribution in [3.63, 3.8) is 0 Å². The van der Waals surface area contributed by atoms with E-state index >= 15 is 0 Å². The molecule has 0 radical (unpaired) electrons. The summed E-state index contributed by atoms with van der Waals surface area (Å²) >= 11 is 1.51. The molecule has 0 saturated carbocycles. The van der Waals surface area contributed by atoms with Crippen molar-refractivity contribution in [1.82, 2.24) is 10.6 Å². The first-order valence-corrected chi connectivity index (χ1v) is 8.92. The molecule has 2 aromatic carbocycles. The van der Waals surface area contributed by atoms with Gasteiger partial charge in [-0.05, 0) is 29.8 Å². The number of hydrogen-bond donors (Lipinski definition) is 2. The van der Waals surface area contributed by atoms with Crippen LogP contribution >= 0.6 is 11.8 Å². The Bertz CT molecular complexity index is 690. The van der Waals surface area contributed by atoms with E-state index in [-0.39, 0.29) is 11.8 Å². The number of hydrogen-bond acceptors (Lipinski definition) is 4. The second kappa shape index (κ2) is 9.74. The molecule has 0 spiro atoms. The summed E-state index contributed by atoms with van der Waals surface area (Å²) in [6.07, 6.45) is 0. The fourth-order valence-corrected chi connectivity index (χ4v) is 3.11. The highest BCUT2D eigenvalue weighted by molar-refractivity contribution is 7.99. The molecular weight excluding hydrogens is 336 g/mol. The molecule has 6 heteroatoms. The van der Waals surface area contributed by atoms with E-state index in [9.17, 15) is 9.59 Å². The number of ether oxygens (including phenoxy) is 1. The Balaban J connectivity index is 1.92. The zero-order chi connectivity index (χ0) is 18.1. The van der Waals surface area contributed by atoms with Crippen LogP contribution in [0.4, 0.5) is 0 Å². The number of carbonyl (C=O) groups is 2. The fourth-order valence-electron chi connectivity index (χ4n) is 2.19. The highest BCUT2D eigenvalue weighted by atomic mass is 32.2. The number of nitrogens with one attached hydrogen (secondary N) is 2. The van der Waals surface area contributed by atoms with Crippen LogP contribution in [0.5, 0.6) is 5.75 Å². The molecule has 0 aromatic heterocycles. The molecule has 0 heterocycles. The van der Waals surface area contributed by atoms with Gasteiger partial charge in [-0.3, -0.25) is 9.59 Å². The van der Waals surface area contributed by atoms with Crippen LogP contribution in [0, 0.1) is 0 Å². The summed E-state index contributed by atoms with van der Waals surface area (Å²) in [5, 5.41) is 5.58. The first-order valence-electron chi connectivity index (χ1n) is 7.94. The lowest BCUT2D eigenvalue weighted by Crippen LogP contribution is -2.47. The van der Waals surface area contributed by atoms with Gasteiger partial charge < -0.3 is 15.4 Å². The molecular formula is C19H22N2O3S. The van der Waals surface area contributed by atoms with Crippen molar-refractivity contribution in [3.8, 4) is 5.75 Å². The number of thioether (sulfide) groups is 1. The number of methoxy groups -OCH3 is 1. The van der Waals surface area contributed by atoms with Gasteiger partial charge in [0.2, 0.25) is 11.8 Å². The predicted octanol–water partition coefficient (Wildman–Crippen LogP) is 2.61. The van der Waals surface area contributed by atoms with Gasteiger partial charge >= 0.3 is 0 Å². The summed E-state index contributed by atoms with van der Waals surface area (Å²) in [7, 11) is 1.62. The van der Waals surface area contributed by atoms with Gasteiger partial charge in [0, 0.05) is 24.1 Å². The molecule has 0 aliphatic carbocycles. The number of rotatable bonds is 8. The second-order valence-electron chi connectivity index (χ2n) is 5.44. The smallest absolute Gasteiger partial charge is 0.243 e. The Labute approximate surface area is 152 Å². The molecule has 0 aliphatic rings. The van der Waals surface area contributed by atoms with Crippen molar-refractivity contribution in [2.75, 3.05) is 12.9 Å². The van der Waals surface area contributed by atoms with Gasteiger partial charge in [0.25, 0.3) is 0 Å². The van der Waals surface area contributed by atoms with E-state index in [1.165, 1.54) is 18.7 Å². The molecule has 1 atom stereocenters. The summed E-state index contributed by atoms with van der Waals surface area (Å²) in [6, 6.07) is 16.7. The molecule has 2 aromatic rings. The first-order chi connectivity index (χ1) is 12.1. The maximum absolute atomic E-state index is 12.4. The second-order valence-corrected chi connectivity index (χ2v) is 6.54. The number of amides is 2. The van der Waals surface area contributed by atoms with Gasteiger partial charge in [-0.1, -0.05) is 30.3 Å². The van der Waals surface area contributed by atoms with E-state index in [1.54, 1.807) is 7.11 Å². The van der Waals surface area contributed by atoms with Gasteiger partial charge in [0.05, 0.1) is 7.11 Å². The monoisotopic (exact) mass is 358 g/mol. The van der Waals surface area contributed by atoms with E-state index in [4.69, 9.17) is 4.74 Å².